The van der Waals surface area contributed by atoms with Crippen molar-refractivity contribution in [2.45, 2.75) is 20.4 Å². The van der Waals surface area contributed by atoms with E-state index in [9.17, 15) is 0 Å². The van der Waals surface area contributed by atoms with Crippen LogP contribution in [0.25, 0.3) is 11.0 Å². The van der Waals surface area contributed by atoms with Gasteiger partial charge in [-0.05, 0) is 38.0 Å². The summed E-state index contributed by atoms with van der Waals surface area (Å²) in [6, 6.07) is 8.18. The predicted molar refractivity (Wildman–Crippen MR) is 80.2 cm³/mol. The minimum atomic E-state index is 0.656. The SMILES string of the molecule is CNCC(CNCc1coc2ccccc12)C(C)C. The molecule has 2 aromatic rings. The zero-order chi connectivity index (χ0) is 13.7. The van der Waals surface area contributed by atoms with Crippen molar-refractivity contribution in [1.29, 1.82) is 0 Å². The zero-order valence-electron chi connectivity index (χ0n) is 12.1. The summed E-state index contributed by atoms with van der Waals surface area (Å²) in [5.41, 5.74) is 2.21. The van der Waals surface area contributed by atoms with E-state index in [-0.39, 0.29) is 0 Å². The van der Waals surface area contributed by atoms with Crippen LogP contribution in [0.3, 0.4) is 0 Å². The molecule has 0 spiro atoms. The second kappa shape index (κ2) is 6.73. The Morgan fingerprint density at radius 2 is 1.95 bits per heavy atom. The van der Waals surface area contributed by atoms with Crippen LogP contribution in [-0.4, -0.2) is 20.1 Å². The van der Waals surface area contributed by atoms with Crippen LogP contribution < -0.4 is 10.6 Å². The van der Waals surface area contributed by atoms with E-state index in [1.807, 2.05) is 25.4 Å². The fourth-order valence-corrected chi connectivity index (χ4v) is 2.37. The molecule has 0 aliphatic rings. The molecule has 104 valence electrons. The molecule has 0 bridgehead atoms. The average Bonchev–Trinajstić information content (AvgIpc) is 2.81. The molecule has 0 radical (unpaired) electrons. The van der Waals surface area contributed by atoms with Crippen molar-refractivity contribution in [3.63, 3.8) is 0 Å². The van der Waals surface area contributed by atoms with Gasteiger partial charge in [-0.2, -0.15) is 0 Å². The van der Waals surface area contributed by atoms with Crippen LogP contribution in [0.5, 0.6) is 0 Å². The van der Waals surface area contributed by atoms with Crippen molar-refractivity contribution in [3.05, 3.63) is 36.1 Å². The van der Waals surface area contributed by atoms with Gasteiger partial charge in [0.25, 0.3) is 0 Å². The molecule has 1 atom stereocenters. The zero-order valence-corrected chi connectivity index (χ0v) is 12.1. The molecule has 0 saturated heterocycles. The van der Waals surface area contributed by atoms with E-state index < -0.39 is 0 Å². The summed E-state index contributed by atoms with van der Waals surface area (Å²) in [6.45, 7) is 7.49. The maximum atomic E-state index is 5.55. The Hall–Kier alpha value is -1.32. The number of hydrogen-bond donors (Lipinski definition) is 2. The molecule has 0 amide bonds. The Morgan fingerprint density at radius 3 is 2.68 bits per heavy atom. The summed E-state index contributed by atoms with van der Waals surface area (Å²) in [6.07, 6.45) is 1.86. The van der Waals surface area contributed by atoms with E-state index in [4.69, 9.17) is 4.42 Å². The molecule has 0 aliphatic heterocycles. The lowest BCUT2D eigenvalue weighted by atomic mass is 9.96. The van der Waals surface area contributed by atoms with E-state index in [1.54, 1.807) is 0 Å². The van der Waals surface area contributed by atoms with E-state index in [1.165, 1.54) is 10.9 Å². The molecule has 1 aromatic heterocycles. The van der Waals surface area contributed by atoms with Crippen LogP contribution in [0.15, 0.2) is 34.9 Å². The van der Waals surface area contributed by atoms with Crippen molar-refractivity contribution in [2.24, 2.45) is 11.8 Å². The van der Waals surface area contributed by atoms with Gasteiger partial charge in [0.1, 0.15) is 5.58 Å². The van der Waals surface area contributed by atoms with Gasteiger partial charge in [-0.25, -0.2) is 0 Å². The minimum Gasteiger partial charge on any atom is -0.464 e. The van der Waals surface area contributed by atoms with Gasteiger partial charge in [0.2, 0.25) is 0 Å². The Labute approximate surface area is 115 Å². The highest BCUT2D eigenvalue weighted by Gasteiger charge is 2.12. The highest BCUT2D eigenvalue weighted by Crippen LogP contribution is 2.20. The molecule has 0 aliphatic carbocycles. The topological polar surface area (TPSA) is 37.2 Å². The molecule has 1 heterocycles. The normalized spacial score (nSPS) is 13.3. The van der Waals surface area contributed by atoms with Crippen molar-refractivity contribution >= 4 is 11.0 Å². The molecule has 2 N–H and O–H groups in total. The van der Waals surface area contributed by atoms with Crippen LogP contribution in [0.2, 0.25) is 0 Å². The fraction of sp³-hybridized carbons (Fsp3) is 0.500. The number of fused-ring (bicyclic) bond motifs is 1. The second-order valence-corrected chi connectivity index (χ2v) is 5.45. The lowest BCUT2D eigenvalue weighted by Crippen LogP contribution is -2.32. The van der Waals surface area contributed by atoms with Gasteiger partial charge in [0, 0.05) is 17.5 Å². The van der Waals surface area contributed by atoms with Gasteiger partial charge in [0.15, 0.2) is 0 Å². The summed E-state index contributed by atoms with van der Waals surface area (Å²) in [7, 11) is 2.01. The van der Waals surface area contributed by atoms with Crippen molar-refractivity contribution < 1.29 is 4.42 Å². The third-order valence-corrected chi connectivity index (χ3v) is 3.69. The summed E-state index contributed by atoms with van der Waals surface area (Å²) in [5, 5.41) is 8.02. The quantitative estimate of drug-likeness (QED) is 0.803. The molecule has 3 heteroatoms. The fourth-order valence-electron chi connectivity index (χ4n) is 2.37. The van der Waals surface area contributed by atoms with Gasteiger partial charge in [-0.15, -0.1) is 0 Å². The summed E-state index contributed by atoms with van der Waals surface area (Å²) in [5.74, 6) is 1.34. The molecule has 0 fully saturated rings. The highest BCUT2D eigenvalue weighted by molar-refractivity contribution is 5.80. The van der Waals surface area contributed by atoms with E-state index >= 15 is 0 Å². The van der Waals surface area contributed by atoms with Gasteiger partial charge < -0.3 is 15.1 Å². The smallest absolute Gasteiger partial charge is 0.134 e. The molecular formula is C16H24N2O. The average molecular weight is 260 g/mol. The number of benzene rings is 1. The van der Waals surface area contributed by atoms with Crippen molar-refractivity contribution in [2.75, 3.05) is 20.1 Å². The van der Waals surface area contributed by atoms with Crippen LogP contribution in [0, 0.1) is 11.8 Å². The van der Waals surface area contributed by atoms with E-state index in [0.717, 1.165) is 25.2 Å². The molecule has 3 nitrogen and oxygen atoms in total. The first-order chi connectivity index (χ1) is 9.22. The van der Waals surface area contributed by atoms with E-state index in [2.05, 4.69) is 36.6 Å². The van der Waals surface area contributed by atoms with Crippen LogP contribution in [-0.2, 0) is 6.54 Å². The first kappa shape index (κ1) is 14.1. The summed E-state index contributed by atoms with van der Waals surface area (Å²) in [4.78, 5) is 0. The second-order valence-electron chi connectivity index (χ2n) is 5.45. The lowest BCUT2D eigenvalue weighted by molar-refractivity contribution is 0.352. The van der Waals surface area contributed by atoms with Crippen LogP contribution >= 0.6 is 0 Å². The largest absolute Gasteiger partial charge is 0.464 e. The maximum Gasteiger partial charge on any atom is 0.134 e. The van der Waals surface area contributed by atoms with Gasteiger partial charge >= 0.3 is 0 Å². The number of furan rings is 1. The van der Waals surface area contributed by atoms with Crippen LogP contribution in [0.1, 0.15) is 19.4 Å². The monoisotopic (exact) mass is 260 g/mol. The Morgan fingerprint density at radius 1 is 1.16 bits per heavy atom. The number of hydrogen-bond acceptors (Lipinski definition) is 3. The Kier molecular flexibility index (Phi) is 5.00. The summed E-state index contributed by atoms with van der Waals surface area (Å²) < 4.78 is 5.55. The maximum absolute atomic E-state index is 5.55. The number of nitrogens with one attached hydrogen (secondary N) is 2. The minimum absolute atomic E-state index is 0.656. The molecular weight excluding hydrogens is 236 g/mol. The standard InChI is InChI=1S/C16H24N2O/c1-12(2)13(8-17-3)9-18-10-14-11-19-16-7-5-4-6-15(14)16/h4-7,11-13,17-18H,8-10H2,1-3H3. The molecule has 1 unspecified atom stereocenters. The Bertz CT molecular complexity index is 504. The first-order valence-corrected chi connectivity index (χ1v) is 7.02. The van der Waals surface area contributed by atoms with E-state index in [0.29, 0.717) is 11.8 Å². The summed E-state index contributed by atoms with van der Waals surface area (Å²) >= 11 is 0. The van der Waals surface area contributed by atoms with Gasteiger partial charge in [-0.3, -0.25) is 0 Å². The van der Waals surface area contributed by atoms with Gasteiger partial charge in [-0.1, -0.05) is 32.0 Å². The van der Waals surface area contributed by atoms with Gasteiger partial charge in [0.05, 0.1) is 6.26 Å². The first-order valence-electron chi connectivity index (χ1n) is 7.02. The van der Waals surface area contributed by atoms with Crippen molar-refractivity contribution in [3.8, 4) is 0 Å². The van der Waals surface area contributed by atoms with Crippen molar-refractivity contribution in [1.82, 2.24) is 10.6 Å². The molecule has 19 heavy (non-hydrogen) atoms. The Balaban J connectivity index is 1.91. The third kappa shape index (κ3) is 3.58. The lowest BCUT2D eigenvalue weighted by Gasteiger charge is -2.20. The predicted octanol–water partition coefficient (Wildman–Crippen LogP) is 3.01. The third-order valence-electron chi connectivity index (χ3n) is 3.69. The number of rotatable bonds is 7. The molecule has 2 rings (SSSR count). The highest BCUT2D eigenvalue weighted by atomic mass is 16.3. The molecule has 0 saturated carbocycles. The number of para-hydroxylation sites is 1. The molecule has 1 aromatic carbocycles. The van der Waals surface area contributed by atoms with Crippen LogP contribution in [0.4, 0.5) is 0 Å².